The topological polar surface area (TPSA) is 92.2 Å². The Balaban J connectivity index is 1.41. The predicted molar refractivity (Wildman–Crippen MR) is 144 cm³/mol. The van der Waals surface area contributed by atoms with Gasteiger partial charge in [-0.05, 0) is 44.7 Å². The number of anilines is 1. The molecule has 0 spiro atoms. The summed E-state index contributed by atoms with van der Waals surface area (Å²) in [6.45, 7) is 12.5. The van der Waals surface area contributed by atoms with Gasteiger partial charge in [-0.25, -0.2) is 0 Å². The number of rotatable bonds is 10. The molecule has 2 fully saturated rings. The van der Waals surface area contributed by atoms with E-state index in [0.29, 0.717) is 18.4 Å². The molecule has 0 aromatic carbocycles. The summed E-state index contributed by atoms with van der Waals surface area (Å²) in [7, 11) is 0. The standard InChI is InChI=1S/C27H40N6O2S/c1-18(2)26-31-30-20(4)33(26)22-12-14-32(19(3)16-22)15-13-23(24-10-11-25(36-24)28-17-34)29-27(35)21-8-6-5-7-9-21/h10-11,17-18,21-23H,3,5-9,12-16H2,1-2,4H3,(H,28,34)(H,29,35)/t22?,23-/m0/s1. The Morgan fingerprint density at radius 2 is 2.00 bits per heavy atom. The van der Waals surface area contributed by atoms with Gasteiger partial charge < -0.3 is 20.1 Å². The largest absolute Gasteiger partial charge is 0.375 e. The van der Waals surface area contributed by atoms with Crippen molar-refractivity contribution in [2.24, 2.45) is 5.92 Å². The van der Waals surface area contributed by atoms with Gasteiger partial charge in [0.25, 0.3) is 0 Å². The fraction of sp³-hybridized carbons (Fsp3) is 0.630. The maximum atomic E-state index is 13.1. The van der Waals surface area contributed by atoms with Crippen LogP contribution in [-0.2, 0) is 9.59 Å². The lowest BCUT2D eigenvalue weighted by Gasteiger charge is -2.37. The van der Waals surface area contributed by atoms with Gasteiger partial charge in [0.2, 0.25) is 12.3 Å². The monoisotopic (exact) mass is 512 g/mol. The average Bonchev–Trinajstić information content (AvgIpc) is 3.49. The lowest BCUT2D eigenvalue weighted by molar-refractivity contribution is -0.126. The number of piperidine rings is 1. The van der Waals surface area contributed by atoms with Crippen molar-refractivity contribution in [3.8, 4) is 0 Å². The van der Waals surface area contributed by atoms with Crippen LogP contribution in [0.4, 0.5) is 5.00 Å². The van der Waals surface area contributed by atoms with E-state index in [0.717, 1.165) is 85.3 Å². The van der Waals surface area contributed by atoms with Crippen molar-refractivity contribution in [1.82, 2.24) is 25.0 Å². The molecule has 1 saturated heterocycles. The number of aromatic nitrogens is 3. The number of aryl methyl sites for hydroxylation is 1. The Bertz CT molecular complexity index is 1050. The first-order chi connectivity index (χ1) is 17.4. The minimum Gasteiger partial charge on any atom is -0.375 e. The molecule has 36 heavy (non-hydrogen) atoms. The summed E-state index contributed by atoms with van der Waals surface area (Å²) in [4.78, 5) is 27.4. The van der Waals surface area contributed by atoms with Crippen LogP contribution in [0.3, 0.4) is 0 Å². The molecule has 196 valence electrons. The maximum Gasteiger partial charge on any atom is 0.223 e. The van der Waals surface area contributed by atoms with Crippen molar-refractivity contribution in [2.45, 2.75) is 90.1 Å². The molecule has 9 heteroatoms. The fourth-order valence-corrected chi connectivity index (χ4v) is 6.54. The molecule has 0 bridgehead atoms. The van der Waals surface area contributed by atoms with Crippen LogP contribution in [-0.4, -0.2) is 45.1 Å². The second-order valence-corrected chi connectivity index (χ2v) is 11.6. The first-order valence-corrected chi connectivity index (χ1v) is 14.1. The summed E-state index contributed by atoms with van der Waals surface area (Å²) >= 11 is 1.53. The molecular formula is C27H40N6O2S. The first kappa shape index (κ1) is 26.4. The lowest BCUT2D eigenvalue weighted by Crippen LogP contribution is -2.38. The molecule has 4 rings (SSSR count). The normalized spacial score (nSPS) is 19.9. The zero-order chi connectivity index (χ0) is 25.7. The Hall–Kier alpha value is -2.68. The number of carbonyl (C=O) groups excluding carboxylic acids is 2. The molecule has 8 nitrogen and oxygen atoms in total. The van der Waals surface area contributed by atoms with Crippen LogP contribution < -0.4 is 10.6 Å². The number of hydrogen-bond donors (Lipinski definition) is 2. The second kappa shape index (κ2) is 12.0. The van der Waals surface area contributed by atoms with E-state index in [2.05, 4.69) is 50.7 Å². The lowest BCUT2D eigenvalue weighted by atomic mass is 9.88. The van der Waals surface area contributed by atoms with Crippen molar-refractivity contribution in [1.29, 1.82) is 0 Å². The molecule has 2 atom stereocenters. The predicted octanol–water partition coefficient (Wildman–Crippen LogP) is 5.32. The minimum absolute atomic E-state index is 0.0789. The number of thiophene rings is 1. The smallest absolute Gasteiger partial charge is 0.223 e. The van der Waals surface area contributed by atoms with Gasteiger partial charge >= 0.3 is 0 Å². The van der Waals surface area contributed by atoms with E-state index < -0.39 is 0 Å². The number of nitrogens with one attached hydrogen (secondary N) is 2. The summed E-state index contributed by atoms with van der Waals surface area (Å²) in [5.41, 5.74) is 1.13. The van der Waals surface area contributed by atoms with Crippen molar-refractivity contribution >= 4 is 28.7 Å². The summed E-state index contributed by atoms with van der Waals surface area (Å²) < 4.78 is 2.30. The molecule has 1 aliphatic carbocycles. The quantitative estimate of drug-likeness (QED) is 0.421. The SMILES string of the molecule is C=C1CC(n2c(C)nnc2C(C)C)CCN1CC[C@H](NC(=O)C1CCCCC1)c1ccc(NC=O)s1. The zero-order valence-corrected chi connectivity index (χ0v) is 22.6. The zero-order valence-electron chi connectivity index (χ0n) is 21.8. The van der Waals surface area contributed by atoms with Gasteiger partial charge in [0.1, 0.15) is 11.6 Å². The van der Waals surface area contributed by atoms with Gasteiger partial charge in [-0.2, -0.15) is 0 Å². The van der Waals surface area contributed by atoms with Crippen molar-refractivity contribution in [3.63, 3.8) is 0 Å². The maximum absolute atomic E-state index is 13.1. The van der Waals surface area contributed by atoms with E-state index in [1.54, 1.807) is 0 Å². The Morgan fingerprint density at radius 3 is 2.69 bits per heavy atom. The highest BCUT2D eigenvalue weighted by Gasteiger charge is 2.29. The van der Waals surface area contributed by atoms with E-state index in [9.17, 15) is 9.59 Å². The van der Waals surface area contributed by atoms with Gasteiger partial charge in [-0.15, -0.1) is 21.5 Å². The van der Waals surface area contributed by atoms with Crippen LogP contribution in [0.5, 0.6) is 0 Å². The number of likely N-dealkylation sites (tertiary alicyclic amines) is 1. The highest BCUT2D eigenvalue weighted by atomic mass is 32.1. The van der Waals surface area contributed by atoms with Crippen molar-refractivity contribution in [3.05, 3.63) is 40.9 Å². The molecule has 2 N–H and O–H groups in total. The number of allylic oxidation sites excluding steroid dienone is 1. The third-order valence-corrected chi connectivity index (χ3v) is 8.71. The van der Waals surface area contributed by atoms with Crippen LogP contribution in [0.15, 0.2) is 24.4 Å². The molecule has 1 aliphatic heterocycles. The van der Waals surface area contributed by atoms with E-state index in [1.807, 2.05) is 19.1 Å². The highest BCUT2D eigenvalue weighted by Crippen LogP contribution is 2.34. The number of hydrogen-bond acceptors (Lipinski definition) is 6. The molecule has 3 heterocycles. The van der Waals surface area contributed by atoms with E-state index in [1.165, 1.54) is 17.8 Å². The summed E-state index contributed by atoms with van der Waals surface area (Å²) in [6.07, 6.45) is 8.84. The Kier molecular flexibility index (Phi) is 8.82. The molecule has 2 aromatic rings. The van der Waals surface area contributed by atoms with E-state index in [4.69, 9.17) is 0 Å². The third-order valence-electron chi connectivity index (χ3n) is 7.58. The molecule has 1 unspecified atom stereocenters. The van der Waals surface area contributed by atoms with Gasteiger partial charge in [0.15, 0.2) is 0 Å². The van der Waals surface area contributed by atoms with Crippen LogP contribution in [0.25, 0.3) is 0 Å². The Labute approximate surface area is 218 Å². The van der Waals surface area contributed by atoms with E-state index >= 15 is 0 Å². The Morgan fingerprint density at radius 1 is 1.22 bits per heavy atom. The number of nitrogens with zero attached hydrogens (tertiary/aromatic N) is 4. The summed E-state index contributed by atoms with van der Waals surface area (Å²) in [5.74, 6) is 2.62. The number of carbonyl (C=O) groups is 2. The summed E-state index contributed by atoms with van der Waals surface area (Å²) in [6, 6.07) is 4.18. The van der Waals surface area contributed by atoms with Gasteiger partial charge in [0, 0.05) is 48.0 Å². The van der Waals surface area contributed by atoms with Crippen molar-refractivity contribution < 1.29 is 9.59 Å². The average molecular weight is 513 g/mol. The molecule has 0 radical (unpaired) electrons. The third kappa shape index (κ3) is 6.17. The van der Waals surface area contributed by atoms with Crippen LogP contribution in [0.1, 0.15) is 99.7 Å². The van der Waals surface area contributed by atoms with Gasteiger partial charge in [-0.1, -0.05) is 39.7 Å². The van der Waals surface area contributed by atoms with Crippen LogP contribution >= 0.6 is 11.3 Å². The first-order valence-electron chi connectivity index (χ1n) is 13.3. The molecule has 2 aliphatic rings. The molecule has 2 amide bonds. The van der Waals surface area contributed by atoms with Crippen LogP contribution in [0.2, 0.25) is 0 Å². The highest BCUT2D eigenvalue weighted by molar-refractivity contribution is 7.16. The van der Waals surface area contributed by atoms with E-state index in [-0.39, 0.29) is 17.9 Å². The summed E-state index contributed by atoms with van der Waals surface area (Å²) in [5, 5.41) is 15.6. The van der Waals surface area contributed by atoms with Gasteiger partial charge in [0.05, 0.1) is 11.0 Å². The van der Waals surface area contributed by atoms with Gasteiger partial charge in [-0.3, -0.25) is 9.59 Å². The van der Waals surface area contributed by atoms with Crippen molar-refractivity contribution in [2.75, 3.05) is 18.4 Å². The molecule has 1 saturated carbocycles. The molecular weight excluding hydrogens is 472 g/mol. The fourth-order valence-electron chi connectivity index (χ4n) is 5.59. The number of amides is 2. The minimum atomic E-state index is -0.0789. The molecule has 2 aromatic heterocycles. The second-order valence-electron chi connectivity index (χ2n) is 10.5. The van der Waals surface area contributed by atoms with Crippen LogP contribution in [0, 0.1) is 12.8 Å².